The zero-order chi connectivity index (χ0) is 16.6. The van der Waals surface area contributed by atoms with Gasteiger partial charge in [-0.05, 0) is 44.1 Å². The Kier molecular flexibility index (Phi) is 6.30. The molecule has 3 rings (SSSR count). The second-order valence-electron chi connectivity index (χ2n) is 6.49. The van der Waals surface area contributed by atoms with Crippen molar-refractivity contribution in [2.45, 2.75) is 61.0 Å². The van der Waals surface area contributed by atoms with Crippen molar-refractivity contribution in [3.63, 3.8) is 0 Å². The van der Waals surface area contributed by atoms with E-state index in [4.69, 9.17) is 0 Å². The molecule has 2 bridgehead atoms. The molecular formula is C15H24ClN3O3S2. The third-order valence-electron chi connectivity index (χ3n) is 4.81. The maximum atomic E-state index is 12.6. The van der Waals surface area contributed by atoms with Gasteiger partial charge < -0.3 is 10.2 Å². The molecule has 1 aromatic heterocycles. The smallest absolute Gasteiger partial charge is 0.250 e. The summed E-state index contributed by atoms with van der Waals surface area (Å²) in [6.45, 7) is 1.61. The number of piperidine rings is 1. The molecule has 3 atom stereocenters. The maximum Gasteiger partial charge on any atom is 0.250 e. The lowest BCUT2D eigenvalue weighted by molar-refractivity contribution is -0.134. The van der Waals surface area contributed by atoms with E-state index in [0.29, 0.717) is 12.1 Å². The summed E-state index contributed by atoms with van der Waals surface area (Å²) in [7, 11) is -1.84. The Bertz CT molecular complexity index is 654. The molecular weight excluding hydrogens is 370 g/mol. The van der Waals surface area contributed by atoms with E-state index in [1.807, 2.05) is 0 Å². The number of nitrogens with zero attached hydrogens (tertiary/aromatic N) is 1. The molecule has 0 aromatic carbocycles. The Morgan fingerprint density at radius 2 is 2.00 bits per heavy atom. The van der Waals surface area contributed by atoms with Gasteiger partial charge in [0.15, 0.2) is 0 Å². The fourth-order valence-electron chi connectivity index (χ4n) is 3.59. The average molecular weight is 394 g/mol. The van der Waals surface area contributed by atoms with Crippen LogP contribution in [0.3, 0.4) is 0 Å². The summed E-state index contributed by atoms with van der Waals surface area (Å²) in [4.78, 5) is 14.3. The van der Waals surface area contributed by atoms with Gasteiger partial charge in [-0.15, -0.1) is 23.7 Å². The number of nitrogens with one attached hydrogen (secondary N) is 2. The van der Waals surface area contributed by atoms with Crippen LogP contribution < -0.4 is 10.0 Å². The van der Waals surface area contributed by atoms with Crippen molar-refractivity contribution in [2.24, 2.45) is 0 Å². The quantitative estimate of drug-likeness (QED) is 0.796. The number of thiophene rings is 1. The highest BCUT2D eigenvalue weighted by Gasteiger charge is 2.37. The number of hydrogen-bond donors (Lipinski definition) is 2. The molecule has 24 heavy (non-hydrogen) atoms. The molecule has 6 nitrogen and oxygen atoms in total. The summed E-state index contributed by atoms with van der Waals surface area (Å²) < 4.78 is 27.2. The van der Waals surface area contributed by atoms with Crippen LogP contribution in [0, 0.1) is 0 Å². The van der Waals surface area contributed by atoms with Gasteiger partial charge in [-0.1, -0.05) is 6.07 Å². The van der Waals surface area contributed by atoms with Crippen LogP contribution >= 0.6 is 23.7 Å². The van der Waals surface area contributed by atoms with Crippen molar-refractivity contribution in [2.75, 3.05) is 7.05 Å². The lowest BCUT2D eigenvalue weighted by Crippen LogP contribution is -2.53. The number of amides is 1. The van der Waals surface area contributed by atoms with E-state index < -0.39 is 16.1 Å². The molecule has 0 radical (unpaired) electrons. The Balaban J connectivity index is 0.00000208. The van der Waals surface area contributed by atoms with E-state index >= 15 is 0 Å². The summed E-state index contributed by atoms with van der Waals surface area (Å²) in [5, 5.41) is 5.26. The minimum Gasteiger partial charge on any atom is -0.341 e. The summed E-state index contributed by atoms with van der Waals surface area (Å²) >= 11 is 1.15. The lowest BCUT2D eigenvalue weighted by atomic mass is 9.98. The first-order valence-corrected chi connectivity index (χ1v) is 10.3. The molecule has 0 saturated carbocycles. The molecule has 0 spiro atoms. The molecule has 3 heterocycles. The van der Waals surface area contributed by atoms with Gasteiger partial charge in [0.1, 0.15) is 4.21 Å². The van der Waals surface area contributed by atoms with Crippen molar-refractivity contribution in [3.05, 3.63) is 17.5 Å². The van der Waals surface area contributed by atoms with E-state index in [-0.39, 0.29) is 28.6 Å². The summed E-state index contributed by atoms with van der Waals surface area (Å²) in [5.41, 5.74) is 0. The van der Waals surface area contributed by atoms with Gasteiger partial charge >= 0.3 is 0 Å². The number of fused-ring (bicyclic) bond motifs is 2. The third-order valence-corrected chi connectivity index (χ3v) is 7.74. The maximum absolute atomic E-state index is 12.6. The molecule has 1 aromatic rings. The first-order chi connectivity index (χ1) is 10.9. The van der Waals surface area contributed by atoms with E-state index in [1.54, 1.807) is 36.4 Å². The highest BCUT2D eigenvalue weighted by Crippen LogP contribution is 2.29. The van der Waals surface area contributed by atoms with E-state index in [2.05, 4.69) is 10.0 Å². The Morgan fingerprint density at radius 1 is 1.38 bits per heavy atom. The van der Waals surface area contributed by atoms with Crippen molar-refractivity contribution in [3.8, 4) is 0 Å². The van der Waals surface area contributed by atoms with E-state index in [0.717, 1.165) is 24.2 Å². The molecule has 2 N–H and O–H groups in total. The predicted molar refractivity (Wildman–Crippen MR) is 97.1 cm³/mol. The van der Waals surface area contributed by atoms with E-state index in [1.165, 1.54) is 12.8 Å². The fourth-order valence-corrected chi connectivity index (χ4v) is 5.79. The molecule has 136 valence electrons. The molecule has 3 unspecified atom stereocenters. The van der Waals surface area contributed by atoms with Crippen molar-refractivity contribution in [1.29, 1.82) is 0 Å². The Hall–Kier alpha value is -0.670. The van der Waals surface area contributed by atoms with Gasteiger partial charge in [-0.25, -0.2) is 8.42 Å². The van der Waals surface area contributed by atoms with Gasteiger partial charge in [0.2, 0.25) is 5.91 Å². The topological polar surface area (TPSA) is 78.5 Å². The average Bonchev–Trinajstić information content (AvgIpc) is 3.15. The highest BCUT2D eigenvalue weighted by atomic mass is 35.5. The van der Waals surface area contributed by atoms with Gasteiger partial charge in [-0.3, -0.25) is 4.79 Å². The zero-order valence-corrected chi connectivity index (χ0v) is 16.2. The fraction of sp³-hybridized carbons (Fsp3) is 0.667. The van der Waals surface area contributed by atoms with Crippen molar-refractivity contribution < 1.29 is 13.2 Å². The SMILES string of the molecule is CC(NS(=O)(=O)c1cccs1)C(=O)N(C)C1CC2CCC(C1)N2.Cl. The molecule has 2 aliphatic heterocycles. The summed E-state index contributed by atoms with van der Waals surface area (Å²) in [6, 6.07) is 3.63. The standard InChI is InChI=1S/C15H23N3O3S2.ClH/c1-10(17-23(20,21)14-4-3-7-22-14)15(19)18(2)13-8-11-5-6-12(9-13)16-11;/h3-4,7,10-13,16-17H,5-6,8-9H2,1-2H3;1H. The number of likely N-dealkylation sites (N-methyl/N-ethyl adjacent to an activating group) is 1. The van der Waals surface area contributed by atoms with Crippen LogP contribution in [0.5, 0.6) is 0 Å². The summed E-state index contributed by atoms with van der Waals surface area (Å²) in [5.74, 6) is -0.170. The van der Waals surface area contributed by atoms with Crippen LogP contribution in [-0.4, -0.2) is 50.4 Å². The minimum atomic E-state index is -3.63. The van der Waals surface area contributed by atoms with Crippen LogP contribution in [0.4, 0.5) is 0 Å². The minimum absolute atomic E-state index is 0. The highest BCUT2D eigenvalue weighted by molar-refractivity contribution is 7.91. The molecule has 2 saturated heterocycles. The second-order valence-corrected chi connectivity index (χ2v) is 9.38. The first kappa shape index (κ1) is 19.7. The normalized spacial score (nSPS) is 27.3. The Morgan fingerprint density at radius 3 is 2.54 bits per heavy atom. The van der Waals surface area contributed by atoms with Gasteiger partial charge in [0.05, 0.1) is 6.04 Å². The number of sulfonamides is 1. The third kappa shape index (κ3) is 4.11. The number of carbonyl (C=O) groups is 1. The summed E-state index contributed by atoms with van der Waals surface area (Å²) in [6.07, 6.45) is 4.24. The largest absolute Gasteiger partial charge is 0.341 e. The number of hydrogen-bond acceptors (Lipinski definition) is 5. The van der Waals surface area contributed by atoms with Crippen LogP contribution in [0.2, 0.25) is 0 Å². The number of carbonyl (C=O) groups excluding carboxylic acids is 1. The van der Waals surface area contributed by atoms with Crippen LogP contribution in [-0.2, 0) is 14.8 Å². The van der Waals surface area contributed by atoms with Gasteiger partial charge in [-0.2, -0.15) is 4.72 Å². The molecule has 1 amide bonds. The molecule has 2 fully saturated rings. The number of rotatable bonds is 5. The van der Waals surface area contributed by atoms with Crippen molar-refractivity contribution >= 4 is 39.7 Å². The zero-order valence-electron chi connectivity index (χ0n) is 13.8. The second kappa shape index (κ2) is 7.70. The monoisotopic (exact) mass is 393 g/mol. The molecule has 0 aliphatic carbocycles. The van der Waals surface area contributed by atoms with E-state index in [9.17, 15) is 13.2 Å². The van der Waals surface area contributed by atoms with Crippen LogP contribution in [0.15, 0.2) is 21.7 Å². The van der Waals surface area contributed by atoms with Gasteiger partial charge in [0.25, 0.3) is 10.0 Å². The van der Waals surface area contributed by atoms with Crippen molar-refractivity contribution in [1.82, 2.24) is 14.9 Å². The lowest BCUT2D eigenvalue weighted by Gasteiger charge is -2.36. The molecule has 2 aliphatic rings. The van der Waals surface area contributed by atoms with Crippen LogP contribution in [0.25, 0.3) is 0 Å². The first-order valence-electron chi connectivity index (χ1n) is 7.95. The van der Waals surface area contributed by atoms with Gasteiger partial charge in [0, 0.05) is 25.2 Å². The predicted octanol–water partition coefficient (Wildman–Crippen LogP) is 1.58. The van der Waals surface area contributed by atoms with Crippen LogP contribution in [0.1, 0.15) is 32.6 Å². The number of halogens is 1. The molecule has 9 heteroatoms. The Labute approximate surface area is 153 Å².